The fourth-order valence-electron chi connectivity index (χ4n) is 0.371. The lowest BCUT2D eigenvalue weighted by atomic mass is 10.5. The second kappa shape index (κ2) is 4.89. The number of carbonyl (C=O) groups excluding carboxylic acids is 2. The van der Waals surface area contributed by atoms with Crippen LogP contribution in [-0.2, 0) is 44.3 Å². The number of rotatable bonds is 2. The van der Waals surface area contributed by atoms with Gasteiger partial charge in [-0.05, 0) is 0 Å². The summed E-state index contributed by atoms with van der Waals surface area (Å²) < 4.78 is 8.50. The predicted octanol–water partition coefficient (Wildman–Crippen LogP) is -0.362. The van der Waals surface area contributed by atoms with Crippen molar-refractivity contribution in [1.82, 2.24) is 0 Å². The Bertz CT molecular complexity index is 210. The molecule has 0 heterocycles. The SMILES string of the molecule is COC(=O)/C([S-])=C(\[S-])C(=O)OC. The van der Waals surface area contributed by atoms with Crippen molar-refractivity contribution in [3.63, 3.8) is 0 Å². The molecular formula is C6H6O4S2-2. The summed E-state index contributed by atoms with van der Waals surface area (Å²) in [7, 11) is 2.29. The summed E-state index contributed by atoms with van der Waals surface area (Å²) in [6, 6.07) is 0. The molecule has 0 fully saturated rings. The average Bonchev–Trinajstić information content (AvgIpc) is 2.12. The molecule has 0 aliphatic rings. The second-order valence-electron chi connectivity index (χ2n) is 1.64. The highest BCUT2D eigenvalue weighted by Crippen LogP contribution is 2.04. The highest BCUT2D eigenvalue weighted by molar-refractivity contribution is 7.69. The molecule has 0 rings (SSSR count). The average molecular weight is 206 g/mol. The highest BCUT2D eigenvalue weighted by atomic mass is 32.1. The molecule has 68 valence electrons. The van der Waals surface area contributed by atoms with Gasteiger partial charge in [-0.25, -0.2) is 9.59 Å². The van der Waals surface area contributed by atoms with Gasteiger partial charge >= 0.3 is 11.9 Å². The molecule has 0 aromatic heterocycles. The molecule has 0 unspecified atom stereocenters. The molecule has 0 radical (unpaired) electrons. The van der Waals surface area contributed by atoms with E-state index in [0.29, 0.717) is 0 Å². The maximum absolute atomic E-state index is 10.7. The number of ether oxygens (including phenoxy) is 2. The number of esters is 2. The molecular weight excluding hydrogens is 200 g/mol. The summed E-state index contributed by atoms with van der Waals surface area (Å²) in [5.74, 6) is -1.61. The molecule has 0 spiro atoms. The summed E-state index contributed by atoms with van der Waals surface area (Å²) in [6.07, 6.45) is 0. The van der Waals surface area contributed by atoms with Crippen LogP contribution >= 0.6 is 0 Å². The van der Waals surface area contributed by atoms with Crippen LogP contribution < -0.4 is 0 Å². The third kappa shape index (κ3) is 2.63. The van der Waals surface area contributed by atoms with Crippen molar-refractivity contribution in [2.24, 2.45) is 0 Å². The van der Waals surface area contributed by atoms with E-state index in [9.17, 15) is 9.59 Å². The van der Waals surface area contributed by atoms with Gasteiger partial charge in [0.25, 0.3) is 0 Å². The van der Waals surface area contributed by atoms with Gasteiger partial charge in [0.05, 0.1) is 14.2 Å². The van der Waals surface area contributed by atoms with Crippen LogP contribution in [0.15, 0.2) is 9.81 Å². The Morgan fingerprint density at radius 3 is 1.33 bits per heavy atom. The van der Waals surface area contributed by atoms with Crippen LogP contribution in [0.5, 0.6) is 0 Å². The van der Waals surface area contributed by atoms with Gasteiger partial charge in [0, 0.05) is 0 Å². The maximum atomic E-state index is 10.7. The van der Waals surface area contributed by atoms with E-state index >= 15 is 0 Å². The van der Waals surface area contributed by atoms with Crippen molar-refractivity contribution in [3.05, 3.63) is 9.81 Å². The molecule has 12 heavy (non-hydrogen) atoms. The maximum Gasteiger partial charge on any atom is 0.309 e. The van der Waals surface area contributed by atoms with E-state index in [-0.39, 0.29) is 9.81 Å². The number of carbonyl (C=O) groups is 2. The van der Waals surface area contributed by atoms with E-state index in [4.69, 9.17) is 0 Å². The molecule has 0 bridgehead atoms. The molecule has 0 saturated carbocycles. The Kier molecular flexibility index (Phi) is 4.53. The predicted molar refractivity (Wildman–Crippen MR) is 45.8 cm³/mol. The van der Waals surface area contributed by atoms with Crippen LogP contribution in [-0.4, -0.2) is 26.2 Å². The van der Waals surface area contributed by atoms with Crippen LogP contribution in [0, 0.1) is 0 Å². The monoisotopic (exact) mass is 206 g/mol. The normalized spacial score (nSPS) is 11.5. The van der Waals surface area contributed by atoms with Gasteiger partial charge in [0.1, 0.15) is 0 Å². The summed E-state index contributed by atoms with van der Waals surface area (Å²) in [6.45, 7) is 0. The van der Waals surface area contributed by atoms with Crippen LogP contribution in [0.3, 0.4) is 0 Å². The summed E-state index contributed by atoms with van der Waals surface area (Å²) in [5, 5.41) is 0. The van der Waals surface area contributed by atoms with E-state index in [1.54, 1.807) is 0 Å². The Balaban J connectivity index is 4.68. The van der Waals surface area contributed by atoms with Crippen LogP contribution in [0.1, 0.15) is 0 Å². The van der Waals surface area contributed by atoms with Gasteiger partial charge in [0.2, 0.25) is 0 Å². The van der Waals surface area contributed by atoms with Gasteiger partial charge in [0.15, 0.2) is 0 Å². The molecule has 0 aliphatic heterocycles. The number of hydrogen-bond acceptors (Lipinski definition) is 6. The van der Waals surface area contributed by atoms with Crippen molar-refractivity contribution < 1.29 is 19.1 Å². The Labute approximate surface area is 80.7 Å². The minimum absolute atomic E-state index is 0.334. The number of methoxy groups -OCH3 is 2. The van der Waals surface area contributed by atoms with Crippen molar-refractivity contribution >= 4 is 37.2 Å². The zero-order chi connectivity index (χ0) is 9.72. The quantitative estimate of drug-likeness (QED) is 0.349. The first kappa shape index (κ1) is 11.1. The van der Waals surface area contributed by atoms with Crippen molar-refractivity contribution in [1.29, 1.82) is 0 Å². The van der Waals surface area contributed by atoms with Crippen molar-refractivity contribution in [2.75, 3.05) is 14.2 Å². The summed E-state index contributed by atoms with van der Waals surface area (Å²) >= 11 is 9.05. The smallest absolute Gasteiger partial charge is 0.309 e. The lowest BCUT2D eigenvalue weighted by Crippen LogP contribution is -2.11. The molecule has 6 heteroatoms. The minimum Gasteiger partial charge on any atom is -0.774 e. The van der Waals surface area contributed by atoms with Gasteiger partial charge in [-0.15, -0.1) is 9.81 Å². The summed E-state index contributed by atoms with van der Waals surface area (Å²) in [4.78, 5) is 20.8. The minimum atomic E-state index is -0.805. The molecule has 0 aromatic carbocycles. The third-order valence-corrected chi connectivity index (χ3v) is 1.82. The second-order valence-corrected chi connectivity index (χ2v) is 2.46. The Morgan fingerprint density at radius 2 is 1.17 bits per heavy atom. The van der Waals surface area contributed by atoms with E-state index in [2.05, 4.69) is 34.7 Å². The van der Waals surface area contributed by atoms with E-state index in [1.807, 2.05) is 0 Å². The lowest BCUT2D eigenvalue weighted by Gasteiger charge is -2.19. The first-order valence-corrected chi connectivity index (χ1v) is 3.61. The first-order chi connectivity index (χ1) is 5.54. The molecule has 0 amide bonds. The molecule has 0 atom stereocenters. The van der Waals surface area contributed by atoms with Gasteiger partial charge in [-0.2, -0.15) is 0 Å². The Hall–Kier alpha value is -0.880. The van der Waals surface area contributed by atoms with E-state index in [1.165, 1.54) is 0 Å². The van der Waals surface area contributed by atoms with Crippen LogP contribution in [0.25, 0.3) is 0 Å². The largest absolute Gasteiger partial charge is 0.774 e. The van der Waals surface area contributed by atoms with Crippen LogP contribution in [0.4, 0.5) is 0 Å². The van der Waals surface area contributed by atoms with Gasteiger partial charge in [-0.1, -0.05) is 0 Å². The highest BCUT2D eigenvalue weighted by Gasteiger charge is 2.01. The zero-order valence-electron chi connectivity index (χ0n) is 6.45. The fraction of sp³-hybridized carbons (Fsp3) is 0.333. The topological polar surface area (TPSA) is 52.6 Å². The van der Waals surface area contributed by atoms with Crippen LogP contribution in [0.2, 0.25) is 0 Å². The van der Waals surface area contributed by atoms with Gasteiger partial charge < -0.3 is 34.7 Å². The standard InChI is InChI=1S/C6H8O4S2/c1-9-5(7)3(11)4(12)6(8)10-2/h11-12H,1-2H3/p-2/b4-3+. The number of hydrogen-bond donors (Lipinski definition) is 0. The zero-order valence-corrected chi connectivity index (χ0v) is 8.08. The molecule has 0 N–H and O–H groups in total. The molecule has 0 saturated heterocycles. The fourth-order valence-corrected chi connectivity index (χ4v) is 0.704. The van der Waals surface area contributed by atoms with E-state index < -0.39 is 11.9 Å². The molecule has 0 aromatic rings. The first-order valence-electron chi connectivity index (χ1n) is 2.79. The Morgan fingerprint density at radius 1 is 0.917 bits per heavy atom. The molecule has 0 aliphatic carbocycles. The van der Waals surface area contributed by atoms with Gasteiger partial charge in [-0.3, -0.25) is 0 Å². The van der Waals surface area contributed by atoms with Crippen molar-refractivity contribution in [3.8, 4) is 0 Å². The molecule has 4 nitrogen and oxygen atoms in total. The summed E-state index contributed by atoms with van der Waals surface area (Å²) in [5.41, 5.74) is 0. The van der Waals surface area contributed by atoms with Crippen molar-refractivity contribution in [2.45, 2.75) is 0 Å². The lowest BCUT2D eigenvalue weighted by molar-refractivity contribution is -0.138. The van der Waals surface area contributed by atoms with E-state index in [0.717, 1.165) is 14.2 Å². The third-order valence-electron chi connectivity index (χ3n) is 0.948.